The van der Waals surface area contributed by atoms with Gasteiger partial charge in [0.1, 0.15) is 3.42 Å². The molecule has 0 bridgehead atoms. The van der Waals surface area contributed by atoms with Crippen molar-refractivity contribution >= 4 is 28.5 Å². The van der Waals surface area contributed by atoms with Gasteiger partial charge in [-0.2, -0.15) is 0 Å². The van der Waals surface area contributed by atoms with E-state index in [1.807, 2.05) is 37.3 Å². The Balaban J connectivity index is 2.75. The van der Waals surface area contributed by atoms with Crippen LogP contribution in [0.15, 0.2) is 30.3 Å². The average molecular weight is 289 g/mol. The smallest absolute Gasteiger partial charge is 0.233 e. The molecule has 13 heavy (non-hydrogen) atoms. The third-order valence-electron chi connectivity index (χ3n) is 1.89. The molecule has 1 rings (SSSR count). The maximum atomic E-state index is 11.0. The van der Waals surface area contributed by atoms with Crippen molar-refractivity contribution in [3.8, 4) is 0 Å². The monoisotopic (exact) mass is 289 g/mol. The molecule has 1 aromatic rings. The van der Waals surface area contributed by atoms with Gasteiger partial charge in [-0.3, -0.25) is 4.79 Å². The van der Waals surface area contributed by atoms with Gasteiger partial charge in [-0.15, -0.1) is 0 Å². The van der Waals surface area contributed by atoms with E-state index in [-0.39, 0.29) is 5.91 Å². The van der Waals surface area contributed by atoms with Crippen molar-refractivity contribution < 1.29 is 4.79 Å². The van der Waals surface area contributed by atoms with E-state index in [0.29, 0.717) is 6.42 Å². The molecule has 0 aliphatic carbocycles. The SMILES string of the molecule is CC(I)(Cc1ccccc1)C(N)=O. The van der Waals surface area contributed by atoms with Crippen LogP contribution >= 0.6 is 22.6 Å². The molecule has 1 unspecified atom stereocenters. The van der Waals surface area contributed by atoms with Gasteiger partial charge in [0.25, 0.3) is 0 Å². The van der Waals surface area contributed by atoms with Crippen LogP contribution in [0.3, 0.4) is 0 Å². The zero-order chi connectivity index (χ0) is 9.90. The molecule has 0 saturated carbocycles. The van der Waals surface area contributed by atoms with Gasteiger partial charge in [-0.1, -0.05) is 52.9 Å². The Labute approximate surface area is 91.7 Å². The molecule has 2 N–H and O–H groups in total. The fourth-order valence-electron chi connectivity index (χ4n) is 1.07. The summed E-state index contributed by atoms with van der Waals surface area (Å²) in [4.78, 5) is 11.0. The number of nitrogens with two attached hydrogens (primary N) is 1. The van der Waals surface area contributed by atoms with Crippen molar-refractivity contribution in [2.24, 2.45) is 5.73 Å². The zero-order valence-electron chi connectivity index (χ0n) is 7.46. The average Bonchev–Trinajstić information content (AvgIpc) is 2.05. The quantitative estimate of drug-likeness (QED) is 0.670. The second kappa shape index (κ2) is 4.09. The predicted octanol–water partition coefficient (Wildman–Crippen LogP) is 1.91. The van der Waals surface area contributed by atoms with Crippen LogP contribution in [0.25, 0.3) is 0 Å². The minimum absolute atomic E-state index is 0.267. The van der Waals surface area contributed by atoms with Crippen molar-refractivity contribution in [1.29, 1.82) is 0 Å². The summed E-state index contributed by atoms with van der Waals surface area (Å²) in [5.74, 6) is -0.267. The third-order valence-corrected chi connectivity index (χ3v) is 2.81. The Morgan fingerprint density at radius 1 is 1.46 bits per heavy atom. The van der Waals surface area contributed by atoms with Crippen molar-refractivity contribution in [2.75, 3.05) is 0 Å². The van der Waals surface area contributed by atoms with E-state index in [2.05, 4.69) is 22.6 Å². The van der Waals surface area contributed by atoms with E-state index in [9.17, 15) is 4.79 Å². The summed E-state index contributed by atoms with van der Waals surface area (Å²) in [5.41, 5.74) is 6.41. The Morgan fingerprint density at radius 3 is 2.46 bits per heavy atom. The van der Waals surface area contributed by atoms with E-state index >= 15 is 0 Å². The molecular formula is C10H12INO. The molecular weight excluding hydrogens is 277 g/mol. The van der Waals surface area contributed by atoms with Crippen LogP contribution in [0, 0.1) is 0 Å². The molecule has 0 heterocycles. The van der Waals surface area contributed by atoms with Gasteiger partial charge in [-0.25, -0.2) is 0 Å². The molecule has 3 heteroatoms. The summed E-state index contributed by atoms with van der Waals surface area (Å²) in [7, 11) is 0. The Bertz CT molecular complexity index is 295. The standard InChI is InChI=1S/C10H12INO/c1-10(11,9(12)13)7-8-5-3-2-4-6-8/h2-6H,7H2,1H3,(H2,12,13). The number of hydrogen-bond acceptors (Lipinski definition) is 1. The number of rotatable bonds is 3. The molecule has 0 aliphatic rings. The first-order valence-electron chi connectivity index (χ1n) is 4.05. The minimum Gasteiger partial charge on any atom is -0.369 e. The van der Waals surface area contributed by atoms with Crippen LogP contribution in [-0.2, 0) is 11.2 Å². The number of amides is 1. The van der Waals surface area contributed by atoms with Crippen LogP contribution in [0.1, 0.15) is 12.5 Å². The molecule has 0 spiro atoms. The van der Waals surface area contributed by atoms with Gasteiger partial charge in [-0.05, 0) is 18.9 Å². The second-order valence-electron chi connectivity index (χ2n) is 3.22. The third kappa shape index (κ3) is 2.99. The molecule has 1 atom stereocenters. The summed E-state index contributed by atoms with van der Waals surface area (Å²) in [6.07, 6.45) is 0.684. The molecule has 1 amide bonds. The maximum Gasteiger partial charge on any atom is 0.233 e. The number of carbonyl (C=O) groups excluding carboxylic acids is 1. The molecule has 2 nitrogen and oxygen atoms in total. The highest BCUT2D eigenvalue weighted by Crippen LogP contribution is 2.22. The van der Waals surface area contributed by atoms with E-state index in [4.69, 9.17) is 5.73 Å². The minimum atomic E-state index is -0.487. The number of benzene rings is 1. The van der Waals surface area contributed by atoms with Gasteiger partial charge in [0, 0.05) is 0 Å². The van der Waals surface area contributed by atoms with Crippen LogP contribution in [0.2, 0.25) is 0 Å². The summed E-state index contributed by atoms with van der Waals surface area (Å²) >= 11 is 2.09. The lowest BCUT2D eigenvalue weighted by Gasteiger charge is -2.17. The highest BCUT2D eigenvalue weighted by molar-refractivity contribution is 14.1. The van der Waals surface area contributed by atoms with Crippen LogP contribution in [0.5, 0.6) is 0 Å². The number of hydrogen-bond donors (Lipinski definition) is 1. The molecule has 0 saturated heterocycles. The molecule has 0 aromatic heterocycles. The zero-order valence-corrected chi connectivity index (χ0v) is 9.61. The topological polar surface area (TPSA) is 43.1 Å². The summed E-state index contributed by atoms with van der Waals surface area (Å²) in [6.45, 7) is 1.85. The van der Waals surface area contributed by atoms with Crippen LogP contribution < -0.4 is 5.73 Å². The number of halogens is 1. The summed E-state index contributed by atoms with van der Waals surface area (Å²) in [6, 6.07) is 9.88. The highest BCUT2D eigenvalue weighted by Gasteiger charge is 2.27. The number of alkyl halides is 1. The second-order valence-corrected chi connectivity index (χ2v) is 5.60. The summed E-state index contributed by atoms with van der Waals surface area (Å²) in [5, 5.41) is 0. The Kier molecular flexibility index (Phi) is 3.30. The lowest BCUT2D eigenvalue weighted by atomic mass is 10.0. The fraction of sp³-hybridized carbons (Fsp3) is 0.300. The first kappa shape index (κ1) is 10.5. The van der Waals surface area contributed by atoms with Crippen molar-refractivity contribution in [3.63, 3.8) is 0 Å². The van der Waals surface area contributed by atoms with Crippen molar-refractivity contribution in [1.82, 2.24) is 0 Å². The first-order chi connectivity index (χ1) is 6.02. The summed E-state index contributed by atoms with van der Waals surface area (Å²) < 4.78 is -0.487. The fourth-order valence-corrected chi connectivity index (χ4v) is 1.51. The Hall–Kier alpha value is -0.580. The lowest BCUT2D eigenvalue weighted by molar-refractivity contribution is -0.119. The molecule has 70 valence electrons. The molecule has 1 aromatic carbocycles. The molecule has 0 radical (unpaired) electrons. The van der Waals surface area contributed by atoms with E-state index in [1.165, 1.54) is 0 Å². The number of carbonyl (C=O) groups is 1. The van der Waals surface area contributed by atoms with Gasteiger partial charge in [0.2, 0.25) is 5.91 Å². The predicted molar refractivity (Wildman–Crippen MR) is 61.8 cm³/mol. The van der Waals surface area contributed by atoms with E-state index in [0.717, 1.165) is 5.56 Å². The van der Waals surface area contributed by atoms with Crippen LogP contribution in [0.4, 0.5) is 0 Å². The molecule has 0 fully saturated rings. The van der Waals surface area contributed by atoms with Crippen molar-refractivity contribution in [2.45, 2.75) is 16.8 Å². The van der Waals surface area contributed by atoms with Gasteiger partial charge in [0.05, 0.1) is 0 Å². The molecule has 0 aliphatic heterocycles. The maximum absolute atomic E-state index is 11.0. The van der Waals surface area contributed by atoms with E-state index < -0.39 is 3.42 Å². The largest absolute Gasteiger partial charge is 0.369 e. The normalized spacial score (nSPS) is 14.9. The van der Waals surface area contributed by atoms with Crippen molar-refractivity contribution in [3.05, 3.63) is 35.9 Å². The number of primary amides is 1. The Morgan fingerprint density at radius 2 is 2.00 bits per heavy atom. The first-order valence-corrected chi connectivity index (χ1v) is 5.13. The van der Waals surface area contributed by atoms with Crippen LogP contribution in [-0.4, -0.2) is 9.33 Å². The van der Waals surface area contributed by atoms with E-state index in [1.54, 1.807) is 0 Å². The highest BCUT2D eigenvalue weighted by atomic mass is 127. The van der Waals surface area contributed by atoms with Gasteiger partial charge in [0.15, 0.2) is 0 Å². The van der Waals surface area contributed by atoms with Gasteiger partial charge >= 0.3 is 0 Å². The lowest BCUT2D eigenvalue weighted by Crippen LogP contribution is -2.36. The van der Waals surface area contributed by atoms with Gasteiger partial charge < -0.3 is 5.73 Å².